The van der Waals surface area contributed by atoms with Crippen LogP contribution in [0.25, 0.3) is 11.1 Å². The Bertz CT molecular complexity index is 1160. The number of benzene rings is 2. The van der Waals surface area contributed by atoms with Gasteiger partial charge >= 0.3 is 0 Å². The number of rotatable bonds is 6. The largest absolute Gasteiger partial charge is 0.338 e. The smallest absolute Gasteiger partial charge is 0.253 e. The van der Waals surface area contributed by atoms with Gasteiger partial charge in [-0.05, 0) is 61.1 Å². The average Bonchev–Trinajstić information content (AvgIpc) is 3.75. The van der Waals surface area contributed by atoms with Gasteiger partial charge in [0, 0.05) is 37.4 Å². The standard InChI is InChI=1S/C24H28N4O4S/c25-24(11-12-24)23(30)28-15-13-27(14-16-28)22(29)19-3-1-17(2-4-19)18-5-7-20(8-6-18)26-33(31,32)21-9-10-21/h1-8,21,26H,9-16,25H2. The summed E-state index contributed by atoms with van der Waals surface area (Å²) in [6.07, 6.45) is 2.94. The molecule has 2 aromatic carbocycles. The molecule has 3 aliphatic rings. The summed E-state index contributed by atoms with van der Waals surface area (Å²) in [6.45, 7) is 2.03. The molecule has 0 spiro atoms. The van der Waals surface area contributed by atoms with E-state index in [1.807, 2.05) is 24.3 Å². The number of carbonyl (C=O) groups excluding carboxylic acids is 2. The zero-order valence-corrected chi connectivity index (χ0v) is 19.2. The molecule has 8 nitrogen and oxygen atoms in total. The normalized spacial score (nSPS) is 19.8. The molecule has 1 saturated heterocycles. The number of hydrogen-bond acceptors (Lipinski definition) is 5. The molecule has 0 radical (unpaired) electrons. The van der Waals surface area contributed by atoms with Crippen LogP contribution in [0.3, 0.4) is 0 Å². The Labute approximate surface area is 193 Å². The van der Waals surface area contributed by atoms with Gasteiger partial charge in [0.1, 0.15) is 0 Å². The summed E-state index contributed by atoms with van der Waals surface area (Å²) in [7, 11) is -3.28. The summed E-state index contributed by atoms with van der Waals surface area (Å²) in [5, 5.41) is -0.263. The van der Waals surface area contributed by atoms with Crippen LogP contribution in [0.5, 0.6) is 0 Å². The number of sulfonamides is 1. The van der Waals surface area contributed by atoms with E-state index >= 15 is 0 Å². The quantitative estimate of drug-likeness (QED) is 0.674. The molecule has 2 saturated carbocycles. The molecule has 33 heavy (non-hydrogen) atoms. The summed E-state index contributed by atoms with van der Waals surface area (Å²) in [5.41, 5.74) is 8.38. The van der Waals surface area contributed by atoms with Gasteiger partial charge in [-0.3, -0.25) is 14.3 Å². The van der Waals surface area contributed by atoms with Crippen LogP contribution in [0.1, 0.15) is 36.0 Å². The third kappa shape index (κ3) is 4.60. The SMILES string of the molecule is NC1(C(=O)N2CCN(C(=O)c3ccc(-c4ccc(NS(=O)(=O)C5CC5)cc4)cc3)CC2)CC1. The first kappa shape index (κ1) is 21.9. The van der Waals surface area contributed by atoms with Crippen LogP contribution in [0.4, 0.5) is 5.69 Å². The van der Waals surface area contributed by atoms with Crippen LogP contribution >= 0.6 is 0 Å². The second kappa shape index (κ2) is 8.14. The second-order valence-electron chi connectivity index (χ2n) is 9.24. The summed E-state index contributed by atoms with van der Waals surface area (Å²) in [5.74, 6) is -0.0438. The predicted octanol–water partition coefficient (Wildman–Crippen LogP) is 2.03. The minimum atomic E-state index is -3.28. The number of piperazine rings is 1. The molecule has 0 unspecified atom stereocenters. The zero-order valence-electron chi connectivity index (χ0n) is 18.4. The highest BCUT2D eigenvalue weighted by Gasteiger charge is 2.48. The van der Waals surface area contributed by atoms with Gasteiger partial charge in [0.25, 0.3) is 5.91 Å². The Morgan fingerprint density at radius 2 is 1.36 bits per heavy atom. The van der Waals surface area contributed by atoms with Crippen molar-refractivity contribution in [2.24, 2.45) is 5.73 Å². The molecular formula is C24H28N4O4S. The predicted molar refractivity (Wildman–Crippen MR) is 126 cm³/mol. The van der Waals surface area contributed by atoms with E-state index in [9.17, 15) is 18.0 Å². The molecule has 2 aliphatic carbocycles. The molecule has 0 atom stereocenters. The molecule has 5 rings (SSSR count). The number of anilines is 1. The van der Waals surface area contributed by atoms with Crippen LogP contribution in [-0.4, -0.2) is 67.0 Å². The highest BCUT2D eigenvalue weighted by atomic mass is 32.2. The Kier molecular flexibility index (Phi) is 5.41. The molecule has 2 aromatic rings. The van der Waals surface area contributed by atoms with Crippen molar-refractivity contribution in [3.05, 3.63) is 54.1 Å². The van der Waals surface area contributed by atoms with Crippen molar-refractivity contribution in [1.29, 1.82) is 0 Å². The molecule has 2 amide bonds. The number of carbonyl (C=O) groups is 2. The van der Waals surface area contributed by atoms with E-state index in [4.69, 9.17) is 5.73 Å². The van der Waals surface area contributed by atoms with Crippen LogP contribution in [-0.2, 0) is 14.8 Å². The lowest BCUT2D eigenvalue weighted by atomic mass is 10.0. The maximum absolute atomic E-state index is 12.9. The first-order chi connectivity index (χ1) is 15.7. The van der Waals surface area contributed by atoms with E-state index in [2.05, 4.69) is 4.72 Å². The van der Waals surface area contributed by atoms with Gasteiger partial charge in [0.2, 0.25) is 15.9 Å². The van der Waals surface area contributed by atoms with Gasteiger partial charge in [-0.15, -0.1) is 0 Å². The van der Waals surface area contributed by atoms with E-state index in [1.165, 1.54) is 0 Å². The third-order valence-corrected chi connectivity index (χ3v) is 8.51. The number of nitrogens with two attached hydrogens (primary N) is 1. The maximum atomic E-state index is 12.9. The number of nitrogens with one attached hydrogen (secondary N) is 1. The molecule has 0 aromatic heterocycles. The first-order valence-electron chi connectivity index (χ1n) is 11.3. The first-order valence-corrected chi connectivity index (χ1v) is 12.9. The molecular weight excluding hydrogens is 440 g/mol. The average molecular weight is 469 g/mol. The van der Waals surface area contributed by atoms with Crippen molar-refractivity contribution in [1.82, 2.24) is 9.80 Å². The monoisotopic (exact) mass is 468 g/mol. The maximum Gasteiger partial charge on any atom is 0.253 e. The molecule has 1 aliphatic heterocycles. The van der Waals surface area contributed by atoms with E-state index in [1.54, 1.807) is 34.1 Å². The lowest BCUT2D eigenvalue weighted by Crippen LogP contribution is -2.55. The highest BCUT2D eigenvalue weighted by Crippen LogP contribution is 2.34. The molecule has 174 valence electrons. The fourth-order valence-corrected chi connectivity index (χ4v) is 5.51. The molecule has 9 heteroatoms. The topological polar surface area (TPSA) is 113 Å². The van der Waals surface area contributed by atoms with Crippen LogP contribution in [0.15, 0.2) is 48.5 Å². The van der Waals surface area contributed by atoms with Crippen LogP contribution in [0.2, 0.25) is 0 Å². The Morgan fingerprint density at radius 3 is 1.88 bits per heavy atom. The zero-order chi connectivity index (χ0) is 23.2. The van der Waals surface area contributed by atoms with Crippen molar-refractivity contribution in [3.8, 4) is 11.1 Å². The van der Waals surface area contributed by atoms with Crippen LogP contribution in [0, 0.1) is 0 Å². The van der Waals surface area contributed by atoms with E-state index in [0.29, 0.717) is 37.4 Å². The van der Waals surface area contributed by atoms with Gasteiger partial charge < -0.3 is 15.5 Å². The second-order valence-corrected chi connectivity index (χ2v) is 11.2. The number of nitrogens with zero attached hydrogens (tertiary/aromatic N) is 2. The van der Waals surface area contributed by atoms with Crippen LogP contribution < -0.4 is 10.5 Å². The third-order valence-electron chi connectivity index (χ3n) is 6.64. The number of hydrogen-bond donors (Lipinski definition) is 2. The van der Waals surface area contributed by atoms with Gasteiger partial charge in [0.15, 0.2) is 0 Å². The molecule has 3 fully saturated rings. The molecule has 1 heterocycles. The summed E-state index contributed by atoms with van der Waals surface area (Å²) >= 11 is 0. The Morgan fingerprint density at radius 1 is 0.848 bits per heavy atom. The number of amides is 2. The lowest BCUT2D eigenvalue weighted by molar-refractivity contribution is -0.135. The van der Waals surface area contributed by atoms with Crippen molar-refractivity contribution in [3.63, 3.8) is 0 Å². The van der Waals surface area contributed by atoms with E-state index in [0.717, 1.165) is 36.8 Å². The molecule has 3 N–H and O–H groups in total. The van der Waals surface area contributed by atoms with Gasteiger partial charge in [0.05, 0.1) is 10.8 Å². The highest BCUT2D eigenvalue weighted by molar-refractivity contribution is 7.93. The minimum Gasteiger partial charge on any atom is -0.338 e. The van der Waals surface area contributed by atoms with Crippen molar-refractivity contribution >= 4 is 27.5 Å². The van der Waals surface area contributed by atoms with E-state index < -0.39 is 15.6 Å². The Balaban J connectivity index is 1.19. The van der Waals surface area contributed by atoms with E-state index in [-0.39, 0.29) is 17.1 Å². The Hall–Kier alpha value is -2.91. The lowest BCUT2D eigenvalue weighted by Gasteiger charge is -2.36. The van der Waals surface area contributed by atoms with Gasteiger partial charge in [-0.2, -0.15) is 0 Å². The van der Waals surface area contributed by atoms with Gasteiger partial charge in [-0.25, -0.2) is 8.42 Å². The fourth-order valence-electron chi connectivity index (χ4n) is 4.12. The molecule has 0 bridgehead atoms. The summed E-state index contributed by atoms with van der Waals surface area (Å²) in [4.78, 5) is 28.8. The minimum absolute atomic E-state index is 0.00492. The summed E-state index contributed by atoms with van der Waals surface area (Å²) in [6, 6.07) is 14.6. The van der Waals surface area contributed by atoms with Crippen molar-refractivity contribution < 1.29 is 18.0 Å². The van der Waals surface area contributed by atoms with Gasteiger partial charge in [-0.1, -0.05) is 24.3 Å². The summed E-state index contributed by atoms with van der Waals surface area (Å²) < 4.78 is 26.8. The van der Waals surface area contributed by atoms with Crippen molar-refractivity contribution in [2.75, 3.05) is 30.9 Å². The van der Waals surface area contributed by atoms with Crippen molar-refractivity contribution in [2.45, 2.75) is 36.5 Å². The fraction of sp³-hybridized carbons (Fsp3) is 0.417.